The van der Waals surface area contributed by atoms with Crippen LogP contribution in [0, 0.1) is 13.8 Å². The molecule has 2 N–H and O–H groups in total. The van der Waals surface area contributed by atoms with Gasteiger partial charge in [0.1, 0.15) is 0 Å². The van der Waals surface area contributed by atoms with Crippen LogP contribution in [0.1, 0.15) is 32.6 Å². The number of sulfonamides is 1. The van der Waals surface area contributed by atoms with E-state index in [0.717, 1.165) is 23.1 Å². The average Bonchev–Trinajstić information content (AvgIpc) is 2.82. The predicted molar refractivity (Wildman–Crippen MR) is 135 cm³/mol. The van der Waals surface area contributed by atoms with Gasteiger partial charge >= 0.3 is 0 Å². The maximum Gasteiger partial charge on any atom is 0.262 e. The zero-order chi connectivity index (χ0) is 24.1. The number of aromatic nitrogens is 1. The van der Waals surface area contributed by atoms with Crippen LogP contribution < -0.4 is 10.0 Å². The van der Waals surface area contributed by atoms with Crippen LogP contribution in [-0.2, 0) is 16.4 Å². The molecular weight excluding hydrogens is 446 g/mol. The molecule has 0 atom stereocenters. The SMILES string of the molecule is Cc1ccc(NS(=O)(=O)c2cc(C(=O)Nc3ccc(Cc4ccncc4)cc3)ccc2C)cc1. The van der Waals surface area contributed by atoms with E-state index in [0.29, 0.717) is 16.9 Å². The Kier molecular flexibility index (Phi) is 6.75. The summed E-state index contributed by atoms with van der Waals surface area (Å²) >= 11 is 0. The zero-order valence-electron chi connectivity index (χ0n) is 18.9. The van der Waals surface area contributed by atoms with Gasteiger partial charge in [-0.1, -0.05) is 35.9 Å². The van der Waals surface area contributed by atoms with Crippen molar-refractivity contribution in [2.45, 2.75) is 25.2 Å². The van der Waals surface area contributed by atoms with Crippen LogP contribution in [0.2, 0.25) is 0 Å². The molecule has 0 saturated carbocycles. The first-order valence-electron chi connectivity index (χ1n) is 10.8. The number of carbonyl (C=O) groups is 1. The van der Waals surface area contributed by atoms with Crippen LogP contribution in [0.15, 0.2) is 96.2 Å². The Labute approximate surface area is 199 Å². The number of pyridine rings is 1. The molecular formula is C27H25N3O3S. The van der Waals surface area contributed by atoms with Crippen molar-refractivity contribution in [1.29, 1.82) is 0 Å². The lowest BCUT2D eigenvalue weighted by Crippen LogP contribution is -2.17. The number of hydrogen-bond donors (Lipinski definition) is 2. The van der Waals surface area contributed by atoms with E-state index in [4.69, 9.17) is 0 Å². The number of anilines is 2. The molecule has 0 radical (unpaired) electrons. The zero-order valence-corrected chi connectivity index (χ0v) is 19.8. The molecule has 34 heavy (non-hydrogen) atoms. The first kappa shape index (κ1) is 23.2. The number of amides is 1. The Bertz CT molecular complexity index is 1400. The molecule has 0 fully saturated rings. The molecule has 7 heteroatoms. The Morgan fingerprint density at radius 2 is 1.41 bits per heavy atom. The van der Waals surface area contributed by atoms with Gasteiger partial charge in [0.15, 0.2) is 0 Å². The lowest BCUT2D eigenvalue weighted by atomic mass is 10.1. The van der Waals surface area contributed by atoms with Crippen LogP contribution in [0.5, 0.6) is 0 Å². The Morgan fingerprint density at radius 1 is 0.794 bits per heavy atom. The van der Waals surface area contributed by atoms with Crippen molar-refractivity contribution in [1.82, 2.24) is 4.98 Å². The number of benzene rings is 3. The largest absolute Gasteiger partial charge is 0.322 e. The van der Waals surface area contributed by atoms with Gasteiger partial charge < -0.3 is 5.32 Å². The molecule has 1 amide bonds. The normalized spacial score (nSPS) is 11.1. The minimum absolute atomic E-state index is 0.0634. The number of aryl methyl sites for hydroxylation is 2. The first-order valence-corrected chi connectivity index (χ1v) is 12.3. The maximum atomic E-state index is 13.0. The maximum absolute atomic E-state index is 13.0. The van der Waals surface area contributed by atoms with E-state index in [-0.39, 0.29) is 16.4 Å². The molecule has 0 aliphatic carbocycles. The highest BCUT2D eigenvalue weighted by atomic mass is 32.2. The molecule has 0 unspecified atom stereocenters. The highest BCUT2D eigenvalue weighted by Crippen LogP contribution is 2.22. The summed E-state index contributed by atoms with van der Waals surface area (Å²) in [6, 6.07) is 23.2. The average molecular weight is 472 g/mol. The number of hydrogen-bond acceptors (Lipinski definition) is 4. The molecule has 0 spiro atoms. The van der Waals surface area contributed by atoms with Crippen molar-refractivity contribution in [2.75, 3.05) is 10.0 Å². The quantitative estimate of drug-likeness (QED) is 0.381. The third-order valence-corrected chi connectivity index (χ3v) is 6.94. The highest BCUT2D eigenvalue weighted by molar-refractivity contribution is 7.92. The summed E-state index contributed by atoms with van der Waals surface area (Å²) in [6.45, 7) is 3.63. The lowest BCUT2D eigenvalue weighted by molar-refractivity contribution is 0.102. The van der Waals surface area contributed by atoms with E-state index in [2.05, 4.69) is 15.0 Å². The third kappa shape index (κ3) is 5.68. The van der Waals surface area contributed by atoms with Gasteiger partial charge in [-0.3, -0.25) is 14.5 Å². The summed E-state index contributed by atoms with van der Waals surface area (Å²) in [5.41, 5.74) is 5.20. The molecule has 172 valence electrons. The fraction of sp³-hybridized carbons (Fsp3) is 0.111. The molecule has 1 aromatic heterocycles. The molecule has 6 nitrogen and oxygen atoms in total. The number of rotatable bonds is 7. The second-order valence-electron chi connectivity index (χ2n) is 8.14. The van der Waals surface area contributed by atoms with Crippen LogP contribution >= 0.6 is 0 Å². The second kappa shape index (κ2) is 9.89. The highest BCUT2D eigenvalue weighted by Gasteiger charge is 2.19. The Morgan fingerprint density at radius 3 is 2.09 bits per heavy atom. The summed E-state index contributed by atoms with van der Waals surface area (Å²) in [5, 5.41) is 2.84. The van der Waals surface area contributed by atoms with Crippen molar-refractivity contribution < 1.29 is 13.2 Å². The van der Waals surface area contributed by atoms with Gasteiger partial charge in [0.25, 0.3) is 15.9 Å². The fourth-order valence-corrected chi connectivity index (χ4v) is 4.84. The standard InChI is InChI=1S/C27H25N3O3S/c1-19-3-9-25(10-4-19)30-34(32,33)26-18-23(8-5-20(26)2)27(31)29-24-11-6-21(7-12-24)17-22-13-15-28-16-14-22/h3-16,18,30H,17H2,1-2H3,(H,29,31). The van der Waals surface area contributed by atoms with Crippen LogP contribution in [0.3, 0.4) is 0 Å². The van der Waals surface area contributed by atoms with Gasteiger partial charge in [-0.25, -0.2) is 8.42 Å². The second-order valence-corrected chi connectivity index (χ2v) is 9.79. The molecule has 0 aliphatic rings. The lowest BCUT2D eigenvalue weighted by Gasteiger charge is -2.13. The van der Waals surface area contributed by atoms with Crippen molar-refractivity contribution in [3.05, 3.63) is 119 Å². The summed E-state index contributed by atoms with van der Waals surface area (Å²) in [5.74, 6) is -0.381. The van der Waals surface area contributed by atoms with Crippen LogP contribution in [0.4, 0.5) is 11.4 Å². The van der Waals surface area contributed by atoms with Crippen molar-refractivity contribution in [3.63, 3.8) is 0 Å². The molecule has 3 aromatic carbocycles. The first-order chi connectivity index (χ1) is 16.3. The van der Waals surface area contributed by atoms with E-state index in [1.165, 1.54) is 6.07 Å². The Hall–Kier alpha value is -3.97. The van der Waals surface area contributed by atoms with Crippen LogP contribution in [-0.4, -0.2) is 19.3 Å². The number of nitrogens with one attached hydrogen (secondary N) is 2. The van der Waals surface area contributed by atoms with E-state index < -0.39 is 10.0 Å². The van der Waals surface area contributed by atoms with Crippen LogP contribution in [0.25, 0.3) is 0 Å². The van der Waals surface area contributed by atoms with Gasteiger partial charge in [0.05, 0.1) is 4.90 Å². The smallest absolute Gasteiger partial charge is 0.262 e. The molecule has 4 aromatic rings. The van der Waals surface area contributed by atoms with E-state index >= 15 is 0 Å². The summed E-state index contributed by atoms with van der Waals surface area (Å²) in [4.78, 5) is 16.9. The van der Waals surface area contributed by atoms with E-state index in [1.807, 2.05) is 55.5 Å². The summed E-state index contributed by atoms with van der Waals surface area (Å²) < 4.78 is 28.5. The summed E-state index contributed by atoms with van der Waals surface area (Å²) in [7, 11) is -3.86. The van der Waals surface area contributed by atoms with Gasteiger partial charge in [0, 0.05) is 29.3 Å². The molecule has 1 heterocycles. The van der Waals surface area contributed by atoms with Gasteiger partial charge in [-0.05, 0) is 85.5 Å². The topological polar surface area (TPSA) is 88.2 Å². The van der Waals surface area contributed by atoms with E-state index in [9.17, 15) is 13.2 Å². The fourth-order valence-electron chi connectivity index (χ4n) is 3.51. The molecule has 0 aliphatic heterocycles. The van der Waals surface area contributed by atoms with Gasteiger partial charge in [-0.2, -0.15) is 0 Å². The molecule has 0 bridgehead atoms. The number of nitrogens with zero attached hydrogens (tertiary/aromatic N) is 1. The van der Waals surface area contributed by atoms with Crippen molar-refractivity contribution in [2.24, 2.45) is 0 Å². The minimum Gasteiger partial charge on any atom is -0.322 e. The Balaban J connectivity index is 1.48. The number of carbonyl (C=O) groups excluding carboxylic acids is 1. The van der Waals surface area contributed by atoms with E-state index in [1.54, 1.807) is 43.6 Å². The van der Waals surface area contributed by atoms with Crippen molar-refractivity contribution >= 4 is 27.3 Å². The minimum atomic E-state index is -3.86. The predicted octanol–water partition coefficient (Wildman–Crippen LogP) is 5.34. The summed E-state index contributed by atoms with van der Waals surface area (Å²) in [6.07, 6.45) is 4.29. The van der Waals surface area contributed by atoms with Gasteiger partial charge in [0.2, 0.25) is 0 Å². The van der Waals surface area contributed by atoms with Crippen molar-refractivity contribution in [3.8, 4) is 0 Å². The monoisotopic (exact) mass is 471 g/mol. The third-order valence-electron chi connectivity index (χ3n) is 5.41. The molecule has 0 saturated heterocycles. The van der Waals surface area contributed by atoms with Gasteiger partial charge in [-0.15, -0.1) is 0 Å². The molecule has 4 rings (SSSR count).